The monoisotopic (exact) mass is 313 g/mol. The normalized spacial score (nSPS) is 17.1. The van der Waals surface area contributed by atoms with E-state index in [1.54, 1.807) is 11.1 Å². The van der Waals surface area contributed by atoms with E-state index in [2.05, 4.69) is 15.0 Å². The van der Waals surface area contributed by atoms with Gasteiger partial charge in [-0.1, -0.05) is 0 Å². The number of amides is 1. The number of carbonyl (C=O) groups excluding carboxylic acids is 1. The lowest BCUT2D eigenvalue weighted by Crippen LogP contribution is -2.31. The Labute approximate surface area is 134 Å². The van der Waals surface area contributed by atoms with Crippen molar-refractivity contribution in [1.82, 2.24) is 19.9 Å². The third-order valence-electron chi connectivity index (χ3n) is 3.71. The Kier molecular flexibility index (Phi) is 4.36. The lowest BCUT2D eigenvalue weighted by Gasteiger charge is -2.20. The highest BCUT2D eigenvalue weighted by Crippen LogP contribution is 2.27. The van der Waals surface area contributed by atoms with Crippen molar-refractivity contribution in [3.05, 3.63) is 42.6 Å². The Balaban J connectivity index is 1.66. The summed E-state index contributed by atoms with van der Waals surface area (Å²) in [6.45, 7) is 1.21. The quantitative estimate of drug-likeness (QED) is 0.845. The van der Waals surface area contributed by atoms with E-state index in [-0.39, 0.29) is 12.0 Å². The lowest BCUT2D eigenvalue weighted by molar-refractivity contribution is 0.0771. The number of aromatic nitrogens is 3. The molecule has 3 rings (SSSR count). The van der Waals surface area contributed by atoms with Crippen molar-refractivity contribution in [1.29, 1.82) is 0 Å². The van der Waals surface area contributed by atoms with Gasteiger partial charge >= 0.3 is 0 Å². The molecule has 1 saturated heterocycles. The van der Waals surface area contributed by atoms with Gasteiger partial charge in [0.05, 0.1) is 12.1 Å². The van der Waals surface area contributed by atoms with Crippen LogP contribution in [-0.4, -0.2) is 59.0 Å². The van der Waals surface area contributed by atoms with Crippen molar-refractivity contribution in [2.24, 2.45) is 0 Å². The van der Waals surface area contributed by atoms with Crippen molar-refractivity contribution in [2.45, 2.75) is 12.5 Å². The fourth-order valence-electron chi connectivity index (χ4n) is 2.59. The predicted octanol–water partition coefficient (Wildman–Crippen LogP) is 1.23. The standard InChI is InChI=1S/C16H19N5O2/c1-20(2)15-14(4-3-6-19-15)23-13-5-7-21(10-13)16(22)12-8-17-11-18-9-12/h3-4,6,8-9,11,13H,5,7,10H2,1-2H3. The Hall–Kier alpha value is -2.70. The van der Waals surface area contributed by atoms with Crippen LogP contribution in [0.25, 0.3) is 0 Å². The topological polar surface area (TPSA) is 71.5 Å². The van der Waals surface area contributed by atoms with Crippen LogP contribution in [0.3, 0.4) is 0 Å². The molecule has 23 heavy (non-hydrogen) atoms. The SMILES string of the molecule is CN(C)c1ncccc1OC1CCN(C(=O)c2cncnc2)C1. The molecule has 0 saturated carbocycles. The minimum Gasteiger partial charge on any atom is -0.485 e. The molecule has 1 aliphatic heterocycles. The molecule has 1 unspecified atom stereocenters. The zero-order chi connectivity index (χ0) is 16.2. The van der Waals surface area contributed by atoms with Crippen LogP contribution in [0.4, 0.5) is 5.82 Å². The number of pyridine rings is 1. The number of likely N-dealkylation sites (tertiary alicyclic amines) is 1. The Morgan fingerprint density at radius 1 is 1.35 bits per heavy atom. The van der Waals surface area contributed by atoms with Crippen LogP contribution in [0.5, 0.6) is 5.75 Å². The summed E-state index contributed by atoms with van der Waals surface area (Å²) in [4.78, 5) is 28.2. The Morgan fingerprint density at radius 3 is 2.87 bits per heavy atom. The predicted molar refractivity (Wildman–Crippen MR) is 85.5 cm³/mol. The number of hydrogen-bond donors (Lipinski definition) is 0. The number of anilines is 1. The molecule has 7 nitrogen and oxygen atoms in total. The molecule has 0 N–H and O–H groups in total. The maximum Gasteiger partial charge on any atom is 0.257 e. The summed E-state index contributed by atoms with van der Waals surface area (Å²) in [5.41, 5.74) is 0.503. The zero-order valence-electron chi connectivity index (χ0n) is 13.2. The first-order valence-corrected chi connectivity index (χ1v) is 7.48. The highest BCUT2D eigenvalue weighted by molar-refractivity contribution is 5.93. The number of hydrogen-bond acceptors (Lipinski definition) is 6. The van der Waals surface area contributed by atoms with Gasteiger partial charge in [-0.15, -0.1) is 0 Å². The second-order valence-electron chi connectivity index (χ2n) is 5.63. The molecule has 1 fully saturated rings. The maximum atomic E-state index is 12.4. The number of rotatable bonds is 4. The van der Waals surface area contributed by atoms with Crippen LogP contribution >= 0.6 is 0 Å². The van der Waals surface area contributed by atoms with E-state index >= 15 is 0 Å². The fraction of sp³-hybridized carbons (Fsp3) is 0.375. The van der Waals surface area contributed by atoms with Gasteiger partial charge in [-0.2, -0.15) is 0 Å². The minimum absolute atomic E-state index is 0.0357. The van der Waals surface area contributed by atoms with Crippen LogP contribution in [0.1, 0.15) is 16.8 Å². The largest absolute Gasteiger partial charge is 0.485 e. The second kappa shape index (κ2) is 6.60. The molecule has 0 radical (unpaired) electrons. The molecular weight excluding hydrogens is 294 g/mol. The van der Waals surface area contributed by atoms with Crippen LogP contribution in [0.2, 0.25) is 0 Å². The Bertz CT molecular complexity index is 677. The zero-order valence-corrected chi connectivity index (χ0v) is 13.2. The molecule has 2 aromatic rings. The molecule has 120 valence electrons. The molecule has 1 aliphatic rings. The summed E-state index contributed by atoms with van der Waals surface area (Å²) < 4.78 is 6.05. The molecular formula is C16H19N5O2. The average Bonchev–Trinajstić information content (AvgIpc) is 3.04. The van der Waals surface area contributed by atoms with E-state index in [0.29, 0.717) is 18.7 Å². The van der Waals surface area contributed by atoms with Crippen molar-refractivity contribution >= 4 is 11.7 Å². The molecule has 1 amide bonds. The van der Waals surface area contributed by atoms with Gasteiger partial charge < -0.3 is 14.5 Å². The van der Waals surface area contributed by atoms with E-state index in [0.717, 1.165) is 18.0 Å². The summed E-state index contributed by atoms with van der Waals surface area (Å²) >= 11 is 0. The Morgan fingerprint density at radius 2 is 2.13 bits per heavy atom. The van der Waals surface area contributed by atoms with E-state index in [1.165, 1.54) is 18.7 Å². The van der Waals surface area contributed by atoms with Crippen LogP contribution in [0, 0.1) is 0 Å². The van der Waals surface area contributed by atoms with E-state index in [9.17, 15) is 4.79 Å². The highest BCUT2D eigenvalue weighted by atomic mass is 16.5. The first-order chi connectivity index (χ1) is 11.1. The van der Waals surface area contributed by atoms with Crippen molar-refractivity contribution < 1.29 is 9.53 Å². The molecule has 0 aromatic carbocycles. The molecule has 2 aromatic heterocycles. The van der Waals surface area contributed by atoms with Crippen molar-refractivity contribution in [2.75, 3.05) is 32.1 Å². The van der Waals surface area contributed by atoms with E-state index < -0.39 is 0 Å². The fourth-order valence-corrected chi connectivity index (χ4v) is 2.59. The summed E-state index contributed by atoms with van der Waals surface area (Å²) in [6, 6.07) is 3.75. The molecule has 0 aliphatic carbocycles. The smallest absolute Gasteiger partial charge is 0.257 e. The molecule has 0 spiro atoms. The van der Waals surface area contributed by atoms with Crippen LogP contribution < -0.4 is 9.64 Å². The van der Waals surface area contributed by atoms with Gasteiger partial charge in [-0.3, -0.25) is 4.79 Å². The molecule has 1 atom stereocenters. The van der Waals surface area contributed by atoms with Gasteiger partial charge in [0.2, 0.25) is 0 Å². The average molecular weight is 313 g/mol. The first kappa shape index (κ1) is 15.2. The van der Waals surface area contributed by atoms with E-state index in [4.69, 9.17) is 4.74 Å². The third-order valence-corrected chi connectivity index (χ3v) is 3.71. The highest BCUT2D eigenvalue weighted by Gasteiger charge is 2.29. The number of ether oxygens (including phenoxy) is 1. The first-order valence-electron chi connectivity index (χ1n) is 7.48. The number of carbonyl (C=O) groups is 1. The van der Waals surface area contributed by atoms with Gasteiger partial charge in [-0.25, -0.2) is 15.0 Å². The van der Waals surface area contributed by atoms with Crippen molar-refractivity contribution in [3.63, 3.8) is 0 Å². The van der Waals surface area contributed by atoms with Gasteiger partial charge in [0.1, 0.15) is 12.4 Å². The molecule has 0 bridgehead atoms. The second-order valence-corrected chi connectivity index (χ2v) is 5.63. The van der Waals surface area contributed by atoms with E-state index in [1.807, 2.05) is 31.1 Å². The lowest BCUT2D eigenvalue weighted by atomic mass is 10.3. The van der Waals surface area contributed by atoms with Crippen molar-refractivity contribution in [3.8, 4) is 5.75 Å². The van der Waals surface area contributed by atoms with Gasteiger partial charge in [0.25, 0.3) is 5.91 Å². The van der Waals surface area contributed by atoms with Gasteiger partial charge in [0, 0.05) is 45.7 Å². The summed E-state index contributed by atoms with van der Waals surface area (Å²) in [7, 11) is 3.85. The summed E-state index contributed by atoms with van der Waals surface area (Å²) in [5.74, 6) is 1.46. The van der Waals surface area contributed by atoms with Gasteiger partial charge in [-0.05, 0) is 12.1 Å². The minimum atomic E-state index is -0.0595. The summed E-state index contributed by atoms with van der Waals surface area (Å²) in [5, 5.41) is 0. The molecule has 7 heteroatoms. The van der Waals surface area contributed by atoms with Crippen LogP contribution in [0.15, 0.2) is 37.1 Å². The molecule has 3 heterocycles. The summed E-state index contributed by atoms with van der Waals surface area (Å²) in [6.07, 6.45) is 6.98. The van der Waals surface area contributed by atoms with Gasteiger partial charge in [0.15, 0.2) is 11.6 Å². The third kappa shape index (κ3) is 3.39. The maximum absolute atomic E-state index is 12.4. The van der Waals surface area contributed by atoms with Crippen LogP contribution in [-0.2, 0) is 0 Å². The number of nitrogens with zero attached hydrogens (tertiary/aromatic N) is 5.